The molecule has 0 aliphatic heterocycles. The van der Waals surface area contributed by atoms with Crippen LogP contribution in [0.15, 0.2) is 24.3 Å². The SMILES string of the molecule is CC1CC(C)(C)CC(O)(c2ccccc2Cl)C1. The summed E-state index contributed by atoms with van der Waals surface area (Å²) in [6.45, 7) is 6.66. The Bertz CT molecular complexity index is 413. The molecular formula is C15H21ClO. The molecule has 1 nitrogen and oxygen atoms in total. The predicted molar refractivity (Wildman–Crippen MR) is 72.1 cm³/mol. The first-order chi connectivity index (χ1) is 7.82. The molecule has 0 saturated heterocycles. The van der Waals surface area contributed by atoms with E-state index in [2.05, 4.69) is 20.8 Å². The average Bonchev–Trinajstić information content (AvgIpc) is 2.13. The Balaban J connectivity index is 2.39. The van der Waals surface area contributed by atoms with Gasteiger partial charge in [0.25, 0.3) is 0 Å². The standard InChI is InChI=1S/C15H21ClO/c1-11-8-14(2,3)10-15(17,9-11)12-6-4-5-7-13(12)16/h4-7,11,17H,8-10H2,1-3H3. The number of halogens is 1. The smallest absolute Gasteiger partial charge is 0.0918 e. The van der Waals surface area contributed by atoms with E-state index in [1.165, 1.54) is 6.42 Å². The third kappa shape index (κ3) is 2.66. The van der Waals surface area contributed by atoms with E-state index in [1.807, 2.05) is 24.3 Å². The Morgan fingerprint density at radius 1 is 1.24 bits per heavy atom. The highest BCUT2D eigenvalue weighted by Gasteiger charge is 2.43. The third-order valence-electron chi connectivity index (χ3n) is 3.73. The van der Waals surface area contributed by atoms with Gasteiger partial charge in [-0.05, 0) is 36.7 Å². The summed E-state index contributed by atoms with van der Waals surface area (Å²) in [6.07, 6.45) is 2.76. The van der Waals surface area contributed by atoms with Gasteiger partial charge in [-0.15, -0.1) is 0 Å². The molecule has 1 aliphatic rings. The fraction of sp³-hybridized carbons (Fsp3) is 0.600. The monoisotopic (exact) mass is 252 g/mol. The zero-order chi connectivity index (χ0) is 12.7. The van der Waals surface area contributed by atoms with Crippen LogP contribution in [0.2, 0.25) is 5.02 Å². The Morgan fingerprint density at radius 3 is 2.47 bits per heavy atom. The van der Waals surface area contributed by atoms with Gasteiger partial charge in [0.15, 0.2) is 0 Å². The zero-order valence-electron chi connectivity index (χ0n) is 10.8. The van der Waals surface area contributed by atoms with Crippen LogP contribution in [-0.2, 0) is 5.60 Å². The molecule has 0 amide bonds. The maximum Gasteiger partial charge on any atom is 0.0918 e. The lowest BCUT2D eigenvalue weighted by atomic mass is 9.64. The molecular weight excluding hydrogens is 232 g/mol. The highest BCUT2D eigenvalue weighted by atomic mass is 35.5. The van der Waals surface area contributed by atoms with Gasteiger partial charge >= 0.3 is 0 Å². The highest BCUT2D eigenvalue weighted by Crippen LogP contribution is 2.49. The fourth-order valence-corrected chi connectivity index (χ4v) is 3.88. The second-order valence-corrected chi connectivity index (χ2v) is 6.77. The molecule has 1 fully saturated rings. The topological polar surface area (TPSA) is 20.2 Å². The lowest BCUT2D eigenvalue weighted by molar-refractivity contribution is -0.0634. The van der Waals surface area contributed by atoms with Crippen molar-refractivity contribution >= 4 is 11.6 Å². The number of aliphatic hydroxyl groups is 1. The van der Waals surface area contributed by atoms with Gasteiger partial charge in [-0.1, -0.05) is 50.6 Å². The first-order valence-electron chi connectivity index (χ1n) is 6.30. The molecule has 2 atom stereocenters. The summed E-state index contributed by atoms with van der Waals surface area (Å²) in [6, 6.07) is 7.68. The Kier molecular flexibility index (Phi) is 3.26. The number of rotatable bonds is 1. The van der Waals surface area contributed by atoms with Gasteiger partial charge < -0.3 is 5.11 Å². The van der Waals surface area contributed by atoms with E-state index in [0.717, 1.165) is 18.4 Å². The summed E-state index contributed by atoms with van der Waals surface area (Å²) < 4.78 is 0. The van der Waals surface area contributed by atoms with Crippen molar-refractivity contribution in [2.24, 2.45) is 11.3 Å². The van der Waals surface area contributed by atoms with Crippen LogP contribution in [-0.4, -0.2) is 5.11 Å². The molecule has 0 bridgehead atoms. The van der Waals surface area contributed by atoms with Crippen LogP contribution in [0, 0.1) is 11.3 Å². The number of hydrogen-bond donors (Lipinski definition) is 1. The largest absolute Gasteiger partial charge is 0.385 e. The van der Waals surface area contributed by atoms with E-state index >= 15 is 0 Å². The molecule has 94 valence electrons. The molecule has 2 rings (SSSR count). The first-order valence-corrected chi connectivity index (χ1v) is 6.68. The average molecular weight is 253 g/mol. The lowest BCUT2D eigenvalue weighted by Gasteiger charge is -2.45. The molecule has 1 aliphatic carbocycles. The highest BCUT2D eigenvalue weighted by molar-refractivity contribution is 6.31. The summed E-state index contributed by atoms with van der Waals surface area (Å²) in [7, 11) is 0. The summed E-state index contributed by atoms with van der Waals surface area (Å²) in [5.41, 5.74) is 0.298. The maximum atomic E-state index is 10.9. The van der Waals surface area contributed by atoms with E-state index in [9.17, 15) is 5.11 Å². The van der Waals surface area contributed by atoms with Crippen LogP contribution in [0.4, 0.5) is 0 Å². The predicted octanol–water partition coefficient (Wildman–Crippen LogP) is 4.37. The molecule has 1 aromatic carbocycles. The molecule has 1 saturated carbocycles. The van der Waals surface area contributed by atoms with Crippen LogP contribution >= 0.6 is 11.6 Å². The van der Waals surface area contributed by atoms with Gasteiger partial charge in [0.05, 0.1) is 5.60 Å². The molecule has 0 aromatic heterocycles. The summed E-state index contributed by atoms with van der Waals surface area (Å²) >= 11 is 6.23. The number of benzene rings is 1. The van der Waals surface area contributed by atoms with Gasteiger partial charge in [0.2, 0.25) is 0 Å². The molecule has 1 N–H and O–H groups in total. The van der Waals surface area contributed by atoms with Crippen LogP contribution in [0.3, 0.4) is 0 Å². The van der Waals surface area contributed by atoms with E-state index in [4.69, 9.17) is 11.6 Å². The van der Waals surface area contributed by atoms with Gasteiger partial charge in [-0.3, -0.25) is 0 Å². The quantitative estimate of drug-likeness (QED) is 0.787. The van der Waals surface area contributed by atoms with Crippen molar-refractivity contribution < 1.29 is 5.11 Å². The van der Waals surface area contributed by atoms with Gasteiger partial charge in [-0.25, -0.2) is 0 Å². The van der Waals surface area contributed by atoms with Crippen molar-refractivity contribution in [3.8, 4) is 0 Å². The second kappa shape index (κ2) is 4.29. The molecule has 1 aromatic rings. The van der Waals surface area contributed by atoms with Crippen LogP contribution in [0.1, 0.15) is 45.6 Å². The van der Waals surface area contributed by atoms with E-state index in [0.29, 0.717) is 10.9 Å². The second-order valence-electron chi connectivity index (χ2n) is 6.37. The van der Waals surface area contributed by atoms with Crippen molar-refractivity contribution in [2.75, 3.05) is 0 Å². The Hall–Kier alpha value is -0.530. The summed E-state index contributed by atoms with van der Waals surface area (Å²) in [5.74, 6) is 0.528. The van der Waals surface area contributed by atoms with Crippen molar-refractivity contribution in [1.82, 2.24) is 0 Å². The van der Waals surface area contributed by atoms with Crippen LogP contribution in [0.5, 0.6) is 0 Å². The van der Waals surface area contributed by atoms with Crippen LogP contribution in [0.25, 0.3) is 0 Å². The Morgan fingerprint density at radius 2 is 1.88 bits per heavy atom. The molecule has 0 radical (unpaired) electrons. The van der Waals surface area contributed by atoms with Gasteiger partial charge in [-0.2, -0.15) is 0 Å². The normalized spacial score (nSPS) is 32.4. The van der Waals surface area contributed by atoms with Gasteiger partial charge in [0, 0.05) is 10.6 Å². The van der Waals surface area contributed by atoms with Crippen LogP contribution < -0.4 is 0 Å². The maximum absolute atomic E-state index is 10.9. The van der Waals surface area contributed by atoms with E-state index in [-0.39, 0.29) is 5.41 Å². The lowest BCUT2D eigenvalue weighted by Crippen LogP contribution is -2.40. The molecule has 0 heterocycles. The fourth-order valence-electron chi connectivity index (χ4n) is 3.57. The number of hydrogen-bond acceptors (Lipinski definition) is 1. The third-order valence-corrected chi connectivity index (χ3v) is 4.06. The zero-order valence-corrected chi connectivity index (χ0v) is 11.6. The van der Waals surface area contributed by atoms with Crippen molar-refractivity contribution in [2.45, 2.75) is 45.6 Å². The Labute approximate surface area is 109 Å². The first kappa shape index (κ1) is 12.9. The van der Waals surface area contributed by atoms with Gasteiger partial charge in [0.1, 0.15) is 0 Å². The van der Waals surface area contributed by atoms with E-state index < -0.39 is 5.60 Å². The van der Waals surface area contributed by atoms with Crippen molar-refractivity contribution in [3.05, 3.63) is 34.9 Å². The minimum absolute atomic E-state index is 0.172. The summed E-state index contributed by atoms with van der Waals surface area (Å²) in [4.78, 5) is 0. The summed E-state index contributed by atoms with van der Waals surface area (Å²) in [5, 5.41) is 11.6. The van der Waals surface area contributed by atoms with Crippen molar-refractivity contribution in [1.29, 1.82) is 0 Å². The minimum atomic E-state index is -0.764. The molecule has 0 spiro atoms. The van der Waals surface area contributed by atoms with E-state index in [1.54, 1.807) is 0 Å². The molecule has 2 heteroatoms. The molecule has 2 unspecified atom stereocenters. The molecule has 17 heavy (non-hydrogen) atoms. The minimum Gasteiger partial charge on any atom is -0.385 e. The van der Waals surface area contributed by atoms with Crippen molar-refractivity contribution in [3.63, 3.8) is 0 Å².